The van der Waals surface area contributed by atoms with Crippen LogP contribution >= 0.6 is 0 Å². The molecule has 4 heteroatoms. The molecule has 0 saturated carbocycles. The topological polar surface area (TPSA) is 49.4 Å². The quantitative estimate of drug-likeness (QED) is 0.188. The SMILES string of the molecule is CCCCCCCCCCCCCCCCC(=O)OC1CC(C)(C)N([O])C(C)(C)C1. The first kappa shape index (κ1) is 27.4. The van der Waals surface area contributed by atoms with Crippen LogP contribution in [0, 0.1) is 0 Å². The van der Waals surface area contributed by atoms with Crippen molar-refractivity contribution in [1.82, 2.24) is 5.06 Å². The first-order chi connectivity index (χ1) is 14.2. The molecule has 1 aliphatic heterocycles. The van der Waals surface area contributed by atoms with E-state index in [9.17, 15) is 10.0 Å². The zero-order valence-corrected chi connectivity index (χ0v) is 20.8. The molecular formula is C26H50NO3. The Morgan fingerprint density at radius 2 is 1.10 bits per heavy atom. The van der Waals surface area contributed by atoms with Crippen LogP contribution in [0.25, 0.3) is 0 Å². The van der Waals surface area contributed by atoms with Gasteiger partial charge in [-0.05, 0) is 34.1 Å². The maximum atomic E-state index is 12.4. The third-order valence-electron chi connectivity index (χ3n) is 6.59. The van der Waals surface area contributed by atoms with E-state index in [1.807, 2.05) is 27.7 Å². The van der Waals surface area contributed by atoms with E-state index in [4.69, 9.17) is 4.74 Å². The van der Waals surface area contributed by atoms with E-state index < -0.39 is 11.1 Å². The molecule has 1 rings (SSSR count). The lowest BCUT2D eigenvalue weighted by Crippen LogP contribution is -2.60. The predicted octanol–water partition coefficient (Wildman–Crippen LogP) is 7.77. The minimum atomic E-state index is -0.484. The van der Waals surface area contributed by atoms with Gasteiger partial charge in [-0.1, -0.05) is 90.4 Å². The second kappa shape index (κ2) is 14.5. The molecule has 1 heterocycles. The molecule has 1 saturated heterocycles. The molecule has 0 aromatic heterocycles. The number of carbonyl (C=O) groups excluding carboxylic acids is 1. The van der Waals surface area contributed by atoms with Gasteiger partial charge in [-0.3, -0.25) is 4.79 Å². The van der Waals surface area contributed by atoms with Crippen LogP contribution < -0.4 is 0 Å². The second-order valence-corrected chi connectivity index (χ2v) is 10.8. The Bertz CT molecular complexity index is 443. The summed E-state index contributed by atoms with van der Waals surface area (Å²) in [7, 11) is 0. The van der Waals surface area contributed by atoms with Crippen LogP contribution in [0.4, 0.5) is 0 Å². The smallest absolute Gasteiger partial charge is 0.306 e. The van der Waals surface area contributed by atoms with Crippen molar-refractivity contribution < 1.29 is 14.7 Å². The average molecular weight is 425 g/mol. The fourth-order valence-corrected chi connectivity index (χ4v) is 4.96. The van der Waals surface area contributed by atoms with Crippen molar-refractivity contribution in [3.8, 4) is 0 Å². The van der Waals surface area contributed by atoms with E-state index >= 15 is 0 Å². The van der Waals surface area contributed by atoms with Gasteiger partial charge in [0, 0.05) is 30.3 Å². The molecule has 1 radical (unpaired) electrons. The zero-order chi connectivity index (χ0) is 22.5. The van der Waals surface area contributed by atoms with Crippen LogP contribution in [0.2, 0.25) is 0 Å². The van der Waals surface area contributed by atoms with Crippen LogP contribution in [-0.2, 0) is 14.7 Å². The Morgan fingerprint density at radius 3 is 1.50 bits per heavy atom. The van der Waals surface area contributed by atoms with Crippen molar-refractivity contribution in [2.75, 3.05) is 0 Å². The summed E-state index contributed by atoms with van der Waals surface area (Å²) in [5.41, 5.74) is -0.969. The highest BCUT2D eigenvalue weighted by Crippen LogP contribution is 2.38. The molecule has 1 fully saturated rings. The van der Waals surface area contributed by atoms with Gasteiger partial charge in [-0.15, -0.1) is 10.3 Å². The second-order valence-electron chi connectivity index (χ2n) is 10.8. The van der Waals surface area contributed by atoms with Gasteiger partial charge in [0.15, 0.2) is 0 Å². The molecule has 0 bridgehead atoms. The molecular weight excluding hydrogens is 374 g/mol. The number of carbonyl (C=O) groups is 1. The van der Waals surface area contributed by atoms with E-state index in [2.05, 4.69) is 6.92 Å². The Morgan fingerprint density at radius 1 is 0.733 bits per heavy atom. The van der Waals surface area contributed by atoms with Gasteiger partial charge in [-0.2, -0.15) is 0 Å². The molecule has 0 amide bonds. The van der Waals surface area contributed by atoms with E-state index in [0.717, 1.165) is 12.8 Å². The fourth-order valence-electron chi connectivity index (χ4n) is 4.96. The van der Waals surface area contributed by atoms with Crippen molar-refractivity contribution in [3.63, 3.8) is 0 Å². The number of piperidine rings is 1. The summed E-state index contributed by atoms with van der Waals surface area (Å²) < 4.78 is 5.72. The van der Waals surface area contributed by atoms with Gasteiger partial charge >= 0.3 is 5.97 Å². The Balaban J connectivity index is 1.98. The number of esters is 1. The summed E-state index contributed by atoms with van der Waals surface area (Å²) in [6.07, 6.45) is 20.0. The molecule has 30 heavy (non-hydrogen) atoms. The molecule has 0 spiro atoms. The molecule has 0 unspecified atom stereocenters. The van der Waals surface area contributed by atoms with Crippen molar-refractivity contribution in [2.24, 2.45) is 0 Å². The molecule has 0 aromatic carbocycles. The van der Waals surface area contributed by atoms with Crippen molar-refractivity contribution in [1.29, 1.82) is 0 Å². The first-order valence-corrected chi connectivity index (χ1v) is 12.9. The predicted molar refractivity (Wildman–Crippen MR) is 125 cm³/mol. The Hall–Kier alpha value is -0.610. The summed E-state index contributed by atoms with van der Waals surface area (Å²) in [6.45, 7) is 10.0. The monoisotopic (exact) mass is 424 g/mol. The van der Waals surface area contributed by atoms with Gasteiger partial charge in [-0.25, -0.2) is 0 Å². The number of unbranched alkanes of at least 4 members (excludes halogenated alkanes) is 13. The normalized spacial score (nSPS) is 19.1. The molecule has 0 aliphatic carbocycles. The van der Waals surface area contributed by atoms with Crippen LogP contribution in [-0.4, -0.2) is 28.2 Å². The van der Waals surface area contributed by atoms with Gasteiger partial charge in [0.1, 0.15) is 6.10 Å². The van der Waals surface area contributed by atoms with Crippen LogP contribution in [0.15, 0.2) is 0 Å². The van der Waals surface area contributed by atoms with Crippen molar-refractivity contribution >= 4 is 5.97 Å². The first-order valence-electron chi connectivity index (χ1n) is 12.9. The van der Waals surface area contributed by atoms with E-state index in [-0.39, 0.29) is 12.1 Å². The third kappa shape index (κ3) is 11.1. The van der Waals surface area contributed by atoms with E-state index in [1.54, 1.807) is 0 Å². The molecule has 1 aliphatic rings. The Labute approximate surface area is 187 Å². The number of hydrogen-bond acceptors (Lipinski definition) is 3. The highest BCUT2D eigenvalue weighted by Gasteiger charge is 2.47. The fraction of sp³-hybridized carbons (Fsp3) is 0.962. The van der Waals surface area contributed by atoms with Gasteiger partial charge in [0.05, 0.1) is 0 Å². The number of hydroxylamine groups is 2. The average Bonchev–Trinajstić information content (AvgIpc) is 2.66. The highest BCUT2D eigenvalue weighted by molar-refractivity contribution is 5.69. The van der Waals surface area contributed by atoms with Crippen LogP contribution in [0.1, 0.15) is 144 Å². The lowest BCUT2D eigenvalue weighted by Gasteiger charge is -2.49. The summed E-state index contributed by atoms with van der Waals surface area (Å²) >= 11 is 0. The summed E-state index contributed by atoms with van der Waals surface area (Å²) in [4.78, 5) is 12.2. The standard InChI is InChI=1S/C26H50NO3/c1-6-7-8-9-10-11-12-13-14-15-16-17-18-19-20-24(28)30-23-21-25(2,3)27(29)26(4,5)22-23/h23H,6-22H2,1-5H3. The molecule has 4 nitrogen and oxygen atoms in total. The molecule has 177 valence electrons. The summed E-state index contributed by atoms with van der Waals surface area (Å²) in [6, 6.07) is 0. The highest BCUT2D eigenvalue weighted by atomic mass is 16.5. The summed E-state index contributed by atoms with van der Waals surface area (Å²) in [5, 5.41) is 13.6. The van der Waals surface area contributed by atoms with Crippen molar-refractivity contribution in [3.05, 3.63) is 0 Å². The number of hydrogen-bond donors (Lipinski definition) is 0. The maximum Gasteiger partial charge on any atom is 0.306 e. The van der Waals surface area contributed by atoms with Crippen LogP contribution in [0.3, 0.4) is 0 Å². The molecule has 0 atom stereocenters. The lowest BCUT2D eigenvalue weighted by atomic mass is 9.80. The maximum absolute atomic E-state index is 12.4. The largest absolute Gasteiger partial charge is 0.462 e. The molecule has 0 aromatic rings. The zero-order valence-electron chi connectivity index (χ0n) is 20.8. The number of rotatable bonds is 16. The number of ether oxygens (including phenoxy) is 1. The summed E-state index contributed by atoms with van der Waals surface area (Å²) in [5.74, 6) is -0.0927. The van der Waals surface area contributed by atoms with Gasteiger partial charge < -0.3 is 4.74 Å². The van der Waals surface area contributed by atoms with Gasteiger partial charge in [0.2, 0.25) is 0 Å². The van der Waals surface area contributed by atoms with Crippen molar-refractivity contribution in [2.45, 2.75) is 161 Å². The third-order valence-corrected chi connectivity index (χ3v) is 6.59. The minimum Gasteiger partial charge on any atom is -0.462 e. The van der Waals surface area contributed by atoms with Gasteiger partial charge in [0.25, 0.3) is 0 Å². The van der Waals surface area contributed by atoms with E-state index in [0.29, 0.717) is 19.3 Å². The van der Waals surface area contributed by atoms with Crippen LogP contribution in [0.5, 0.6) is 0 Å². The minimum absolute atomic E-state index is 0.0927. The van der Waals surface area contributed by atoms with E-state index in [1.165, 1.54) is 82.1 Å². The molecule has 0 N–H and O–H groups in total. The lowest BCUT2D eigenvalue weighted by molar-refractivity contribution is -0.299. The Kier molecular flexibility index (Phi) is 13.2. The number of nitrogens with zero attached hydrogens (tertiary/aromatic N) is 1.